The molecule has 6 aromatic carbocycles. The molecule has 49 heavy (non-hydrogen) atoms. The third kappa shape index (κ3) is 6.12. The molecule has 0 aliphatic carbocycles. The van der Waals surface area contributed by atoms with Crippen LogP contribution in [0, 0.1) is 0 Å². The van der Waals surface area contributed by atoms with Gasteiger partial charge in [-0.25, -0.2) is 0 Å². The van der Waals surface area contributed by atoms with Gasteiger partial charge in [0, 0.05) is 22.9 Å². The average molecular weight is 697 g/mol. The summed E-state index contributed by atoms with van der Waals surface area (Å²) in [5, 5.41) is 10.1. The number of hydrogen-bond donors (Lipinski definition) is 0. The SMILES string of the molecule is CC[Si](C)c1cc2ccccc2c2c1op(N([C@H](C)c1ccccc1)[C@H](C)c1ccccc1)oc1c([Si](C)(C)CC)cc3ccccc3c12. The smallest absolute Gasteiger partial charge is 0.310 e. The lowest BCUT2D eigenvalue weighted by Gasteiger charge is -2.32. The highest BCUT2D eigenvalue weighted by Gasteiger charge is 2.32. The van der Waals surface area contributed by atoms with Crippen molar-refractivity contribution in [2.45, 2.75) is 71.5 Å². The van der Waals surface area contributed by atoms with Gasteiger partial charge in [0.05, 0.1) is 16.9 Å². The van der Waals surface area contributed by atoms with E-state index < -0.39 is 25.0 Å². The van der Waals surface area contributed by atoms with Gasteiger partial charge < -0.3 is 8.39 Å². The Morgan fingerprint density at radius 1 is 0.653 bits per heavy atom. The number of benzene rings is 6. The van der Waals surface area contributed by atoms with Gasteiger partial charge in [-0.05, 0) is 56.9 Å². The van der Waals surface area contributed by atoms with E-state index in [-0.39, 0.29) is 12.1 Å². The van der Waals surface area contributed by atoms with Crippen molar-refractivity contribution in [2.24, 2.45) is 0 Å². The molecule has 249 valence electrons. The third-order valence-electron chi connectivity index (χ3n) is 10.7. The van der Waals surface area contributed by atoms with Gasteiger partial charge >= 0.3 is 8.16 Å². The summed E-state index contributed by atoms with van der Waals surface area (Å²) in [5.74, 6) is 0. The van der Waals surface area contributed by atoms with Crippen molar-refractivity contribution < 1.29 is 8.39 Å². The predicted molar refractivity (Wildman–Crippen MR) is 219 cm³/mol. The van der Waals surface area contributed by atoms with Gasteiger partial charge in [0.1, 0.15) is 11.2 Å². The first-order chi connectivity index (χ1) is 23.7. The van der Waals surface area contributed by atoms with Crippen molar-refractivity contribution in [1.29, 1.82) is 0 Å². The molecule has 3 atom stereocenters. The third-order valence-corrected chi connectivity index (χ3v) is 18.4. The minimum absolute atomic E-state index is 0.0364. The fraction of sp³-hybridized carbons (Fsp3) is 0.256. The maximum absolute atomic E-state index is 7.65. The number of nitrogens with zero attached hydrogens (tertiary/aromatic N) is 1. The van der Waals surface area contributed by atoms with E-state index in [9.17, 15) is 0 Å². The molecule has 1 radical (unpaired) electrons. The topological polar surface area (TPSA) is 29.5 Å². The summed E-state index contributed by atoms with van der Waals surface area (Å²) in [4.78, 5) is 0. The Balaban J connectivity index is 1.74. The van der Waals surface area contributed by atoms with Crippen LogP contribution in [0.25, 0.3) is 43.5 Å². The van der Waals surface area contributed by atoms with E-state index in [1.165, 1.54) is 53.8 Å². The zero-order valence-electron chi connectivity index (χ0n) is 29.8. The molecule has 0 bridgehead atoms. The lowest BCUT2D eigenvalue weighted by molar-refractivity contribution is 0.559. The maximum atomic E-state index is 7.65. The van der Waals surface area contributed by atoms with Crippen molar-refractivity contribution in [3.05, 3.63) is 132 Å². The normalized spacial score (nSPS) is 13.9. The standard InChI is InChI=1S/C43H47NO2PSi2/c1-8-48(5)38-28-34-24-16-18-26-36(34)40-41-37-27-19-17-25-35(37)29-39(49(6,7)9-2)43(41)46-47(45-42(38)40)44(30(3)32-20-12-10-13-21-32)31(4)33-22-14-11-15-23-33/h10-31H,8-9H2,1-7H3/t30-,31-,47?/m1/s1. The Hall–Kier alpha value is -3.87. The van der Waals surface area contributed by atoms with Crippen molar-refractivity contribution in [3.8, 4) is 0 Å². The van der Waals surface area contributed by atoms with E-state index in [0.29, 0.717) is 0 Å². The van der Waals surface area contributed by atoms with Gasteiger partial charge in [-0.1, -0.05) is 167 Å². The van der Waals surface area contributed by atoms with E-state index in [4.69, 9.17) is 8.39 Å². The van der Waals surface area contributed by atoms with E-state index in [1.54, 1.807) is 0 Å². The van der Waals surface area contributed by atoms with E-state index in [1.807, 2.05) is 0 Å². The second-order valence-electron chi connectivity index (χ2n) is 14.0. The molecule has 0 aliphatic rings. The van der Waals surface area contributed by atoms with Crippen LogP contribution in [0.4, 0.5) is 0 Å². The zero-order valence-corrected chi connectivity index (χ0v) is 32.7. The van der Waals surface area contributed by atoms with Crippen molar-refractivity contribution in [2.75, 3.05) is 4.67 Å². The highest BCUT2D eigenvalue weighted by atomic mass is 31.1. The van der Waals surface area contributed by atoms with Gasteiger partial charge in [-0.3, -0.25) is 0 Å². The van der Waals surface area contributed by atoms with Crippen LogP contribution in [0.15, 0.2) is 130 Å². The van der Waals surface area contributed by atoms with Crippen LogP contribution in [0.2, 0.25) is 31.7 Å². The molecule has 7 aromatic rings. The Kier molecular flexibility index (Phi) is 9.47. The van der Waals surface area contributed by atoms with Crippen LogP contribution in [0.3, 0.4) is 0 Å². The van der Waals surface area contributed by atoms with E-state index in [0.717, 1.165) is 23.3 Å². The van der Waals surface area contributed by atoms with Crippen molar-refractivity contribution in [3.63, 3.8) is 0 Å². The van der Waals surface area contributed by atoms with Crippen LogP contribution >= 0.6 is 8.16 Å². The first kappa shape index (κ1) is 33.6. The second-order valence-corrected chi connectivity index (χ2v) is 23.2. The molecule has 1 heterocycles. The Bertz CT molecular complexity index is 2260. The monoisotopic (exact) mass is 696 g/mol. The number of hydrogen-bond acceptors (Lipinski definition) is 3. The minimum atomic E-state index is -1.93. The molecule has 1 aromatic heterocycles. The summed E-state index contributed by atoms with van der Waals surface area (Å²) in [6, 6.07) is 46.7. The summed E-state index contributed by atoms with van der Waals surface area (Å²) in [6.45, 7) is 16.7. The Labute approximate surface area is 294 Å². The molecule has 1 unspecified atom stereocenters. The van der Waals surface area contributed by atoms with Crippen molar-refractivity contribution >= 4 is 78.9 Å². The molecule has 0 N–H and O–H groups in total. The summed E-state index contributed by atoms with van der Waals surface area (Å²) in [7, 11) is -4.47. The highest BCUT2D eigenvalue weighted by Crippen LogP contribution is 2.47. The first-order valence-electron chi connectivity index (χ1n) is 17.7. The molecular formula is C43H47NO2PSi2. The molecule has 7 rings (SSSR count). The summed E-state index contributed by atoms with van der Waals surface area (Å²) >= 11 is 0. The Morgan fingerprint density at radius 3 is 1.65 bits per heavy atom. The fourth-order valence-electron chi connectivity index (χ4n) is 7.20. The van der Waals surface area contributed by atoms with Gasteiger partial charge in [-0.15, -0.1) is 0 Å². The van der Waals surface area contributed by atoms with Gasteiger partial charge in [0.2, 0.25) is 0 Å². The number of fused-ring (bicyclic) bond motifs is 7. The first-order valence-corrected chi connectivity index (χ1v) is 24.3. The predicted octanol–water partition coefficient (Wildman–Crippen LogP) is 12.3. The molecule has 0 fully saturated rings. The molecule has 0 saturated heterocycles. The van der Waals surface area contributed by atoms with Gasteiger partial charge in [0.15, 0.2) is 0 Å². The van der Waals surface area contributed by atoms with Crippen LogP contribution in [-0.4, -0.2) is 16.9 Å². The zero-order chi connectivity index (χ0) is 34.3. The average Bonchev–Trinajstić information content (AvgIpc) is 3.32. The van der Waals surface area contributed by atoms with Gasteiger partial charge in [0.25, 0.3) is 0 Å². The fourth-order valence-corrected chi connectivity index (χ4v) is 12.2. The number of rotatable bonds is 9. The summed E-state index contributed by atoms with van der Waals surface area (Å²) in [5.41, 5.74) is 4.54. The lowest BCUT2D eigenvalue weighted by atomic mass is 9.98. The van der Waals surface area contributed by atoms with E-state index in [2.05, 4.69) is 173 Å². The van der Waals surface area contributed by atoms with Crippen LogP contribution in [0.1, 0.15) is 50.9 Å². The Morgan fingerprint density at radius 2 is 1.12 bits per heavy atom. The van der Waals surface area contributed by atoms with Crippen molar-refractivity contribution in [1.82, 2.24) is 0 Å². The lowest BCUT2D eigenvalue weighted by Crippen LogP contribution is -2.40. The molecular weight excluding hydrogens is 650 g/mol. The van der Waals surface area contributed by atoms with Crippen LogP contribution in [-0.2, 0) is 0 Å². The molecule has 0 amide bonds. The molecule has 0 aliphatic heterocycles. The van der Waals surface area contributed by atoms with Crippen LogP contribution < -0.4 is 15.0 Å². The molecule has 3 nitrogen and oxygen atoms in total. The molecule has 0 spiro atoms. The summed E-state index contributed by atoms with van der Waals surface area (Å²) < 4.78 is 17.8. The summed E-state index contributed by atoms with van der Waals surface area (Å²) in [6.07, 6.45) is 0. The largest absolute Gasteiger partial charge is 0.408 e. The quantitative estimate of drug-likeness (QED) is 0.141. The highest BCUT2D eigenvalue weighted by molar-refractivity contribution is 7.39. The maximum Gasteiger partial charge on any atom is 0.310 e. The van der Waals surface area contributed by atoms with E-state index >= 15 is 0 Å². The molecule has 0 saturated carbocycles. The second kappa shape index (κ2) is 13.8. The van der Waals surface area contributed by atoms with Crippen LogP contribution in [0.5, 0.6) is 0 Å². The molecule has 6 heteroatoms. The minimum Gasteiger partial charge on any atom is -0.408 e. The van der Waals surface area contributed by atoms with Gasteiger partial charge in [-0.2, -0.15) is 4.67 Å².